The number of likely N-dealkylation sites (tertiary alicyclic amines) is 1. The van der Waals surface area contributed by atoms with E-state index in [4.69, 9.17) is 14.5 Å². The number of hydrogen-bond acceptors (Lipinski definition) is 5. The molecule has 1 fully saturated rings. The van der Waals surface area contributed by atoms with E-state index < -0.39 is 0 Å². The zero-order valence-corrected chi connectivity index (χ0v) is 24.7. The molecule has 1 N–H and O–H groups in total. The highest BCUT2D eigenvalue weighted by molar-refractivity contribution is 5.72. The topological polar surface area (TPSA) is 46.6 Å². The van der Waals surface area contributed by atoms with E-state index in [1.165, 1.54) is 5.56 Å². The van der Waals surface area contributed by atoms with Gasteiger partial charge in [-0.05, 0) is 52.8 Å². The van der Waals surface area contributed by atoms with Gasteiger partial charge in [0.15, 0.2) is 0 Å². The summed E-state index contributed by atoms with van der Waals surface area (Å²) in [7, 11) is 0. The molecule has 5 nitrogen and oxygen atoms in total. The average Bonchev–Trinajstić information content (AvgIpc) is 3.06. The third kappa shape index (κ3) is 7.82. The molecule has 2 heterocycles. The summed E-state index contributed by atoms with van der Waals surface area (Å²) >= 11 is 0. The van der Waals surface area contributed by atoms with Crippen molar-refractivity contribution in [3.8, 4) is 22.9 Å². The van der Waals surface area contributed by atoms with Crippen LogP contribution in [0.4, 0.5) is 5.69 Å². The average molecular weight is 570 g/mol. The fourth-order valence-corrected chi connectivity index (χ4v) is 5.71. The van der Waals surface area contributed by atoms with Gasteiger partial charge in [-0.15, -0.1) is 0 Å². The summed E-state index contributed by atoms with van der Waals surface area (Å²) in [6.07, 6.45) is 1.11. The molecule has 0 amide bonds. The highest BCUT2D eigenvalue weighted by atomic mass is 16.5. The first kappa shape index (κ1) is 28.5. The highest BCUT2D eigenvalue weighted by Gasteiger charge is 2.26. The van der Waals surface area contributed by atoms with Gasteiger partial charge in [-0.1, -0.05) is 110 Å². The van der Waals surface area contributed by atoms with Gasteiger partial charge in [0.05, 0.1) is 0 Å². The second-order valence-electron chi connectivity index (χ2n) is 11.4. The lowest BCUT2D eigenvalue weighted by Gasteiger charge is -2.38. The Balaban J connectivity index is 1.16. The third-order valence-corrected chi connectivity index (χ3v) is 8.05. The van der Waals surface area contributed by atoms with Gasteiger partial charge in [0, 0.05) is 43.0 Å². The second kappa shape index (κ2) is 14.0. The Morgan fingerprint density at radius 3 is 2.05 bits per heavy atom. The number of nitrogens with zero attached hydrogens (tertiary/aromatic N) is 2. The number of aromatic nitrogens is 1. The van der Waals surface area contributed by atoms with Crippen LogP contribution in [0.25, 0.3) is 11.1 Å². The van der Waals surface area contributed by atoms with Crippen molar-refractivity contribution in [1.82, 2.24) is 9.88 Å². The number of pyridine rings is 1. The summed E-state index contributed by atoms with van der Waals surface area (Å²) < 4.78 is 12.4. The van der Waals surface area contributed by atoms with Crippen LogP contribution in [0.2, 0.25) is 0 Å². The molecule has 2 atom stereocenters. The molecule has 1 saturated heterocycles. The quantitative estimate of drug-likeness (QED) is 0.174. The van der Waals surface area contributed by atoms with E-state index in [0.717, 1.165) is 54.0 Å². The molecule has 1 aliphatic heterocycles. The van der Waals surface area contributed by atoms with Crippen molar-refractivity contribution in [3.05, 3.63) is 144 Å². The summed E-state index contributed by atoms with van der Waals surface area (Å²) in [6, 6.07) is 44.1. The van der Waals surface area contributed by atoms with Crippen LogP contribution < -0.4 is 14.8 Å². The summed E-state index contributed by atoms with van der Waals surface area (Å²) in [5, 5.41) is 3.84. The smallest absolute Gasteiger partial charge is 0.225 e. The molecule has 0 spiro atoms. The number of rotatable bonds is 11. The normalized spacial score (nSPS) is 16.9. The summed E-state index contributed by atoms with van der Waals surface area (Å²) in [4.78, 5) is 7.38. The standard InChI is InChI=1S/C38H39N3O2/c1-29-25-41(26-30-12-5-2-6-13-30)23-22-36(29)39-34-19-11-18-33(24-34)35-20-21-37(42-27-31-14-7-3-8-15-31)40-38(35)43-28-32-16-9-4-10-17-32/h2-21,24,29,36,39H,22-23,25-28H2,1H3/t29-,36-/m1/s1. The lowest BCUT2D eigenvalue weighted by Crippen LogP contribution is -2.44. The monoisotopic (exact) mass is 569 g/mol. The first-order valence-corrected chi connectivity index (χ1v) is 15.2. The SMILES string of the molecule is C[C@@H]1CN(Cc2ccccc2)CC[C@H]1Nc1cccc(-c2ccc(OCc3ccccc3)nc2OCc2ccccc2)c1. The van der Waals surface area contributed by atoms with Crippen LogP contribution in [-0.4, -0.2) is 29.0 Å². The molecular formula is C38H39N3O2. The third-order valence-electron chi connectivity index (χ3n) is 8.05. The molecule has 4 aromatic carbocycles. The molecule has 0 bridgehead atoms. The Kier molecular flexibility index (Phi) is 9.31. The highest BCUT2D eigenvalue weighted by Crippen LogP contribution is 2.33. The Bertz CT molecular complexity index is 1580. The van der Waals surface area contributed by atoms with E-state index in [1.54, 1.807) is 0 Å². The van der Waals surface area contributed by atoms with Crippen molar-refractivity contribution in [2.45, 2.75) is 39.1 Å². The maximum Gasteiger partial charge on any atom is 0.225 e. The van der Waals surface area contributed by atoms with Gasteiger partial charge < -0.3 is 14.8 Å². The fourth-order valence-electron chi connectivity index (χ4n) is 5.71. The minimum absolute atomic E-state index is 0.419. The summed E-state index contributed by atoms with van der Waals surface area (Å²) in [5.41, 5.74) is 6.68. The minimum atomic E-state index is 0.419. The van der Waals surface area contributed by atoms with E-state index in [9.17, 15) is 0 Å². The number of ether oxygens (including phenoxy) is 2. The van der Waals surface area contributed by atoms with Crippen LogP contribution >= 0.6 is 0 Å². The lowest BCUT2D eigenvalue weighted by atomic mass is 9.93. The zero-order valence-electron chi connectivity index (χ0n) is 24.7. The second-order valence-corrected chi connectivity index (χ2v) is 11.4. The summed E-state index contributed by atoms with van der Waals surface area (Å²) in [5.74, 6) is 1.64. The maximum absolute atomic E-state index is 6.32. The minimum Gasteiger partial charge on any atom is -0.473 e. The van der Waals surface area contributed by atoms with E-state index in [0.29, 0.717) is 36.9 Å². The van der Waals surface area contributed by atoms with Crippen LogP contribution in [0.1, 0.15) is 30.0 Å². The van der Waals surface area contributed by atoms with Crippen molar-refractivity contribution in [2.24, 2.45) is 5.92 Å². The van der Waals surface area contributed by atoms with Crippen LogP contribution in [0.3, 0.4) is 0 Å². The number of piperidine rings is 1. The molecule has 5 aromatic rings. The van der Waals surface area contributed by atoms with Gasteiger partial charge in [-0.3, -0.25) is 4.90 Å². The number of nitrogens with one attached hydrogen (secondary N) is 1. The summed E-state index contributed by atoms with van der Waals surface area (Å²) in [6.45, 7) is 6.41. The predicted octanol–water partition coefficient (Wildman–Crippen LogP) is 8.23. The fraction of sp³-hybridized carbons (Fsp3) is 0.237. The molecule has 6 rings (SSSR count). The predicted molar refractivity (Wildman–Crippen MR) is 174 cm³/mol. The van der Waals surface area contributed by atoms with Crippen molar-refractivity contribution in [2.75, 3.05) is 18.4 Å². The van der Waals surface area contributed by atoms with Gasteiger partial charge >= 0.3 is 0 Å². The largest absolute Gasteiger partial charge is 0.473 e. The maximum atomic E-state index is 6.32. The number of benzene rings is 4. The zero-order chi connectivity index (χ0) is 29.3. The van der Waals surface area contributed by atoms with Gasteiger partial charge in [-0.25, -0.2) is 0 Å². The van der Waals surface area contributed by atoms with Crippen LogP contribution in [0.5, 0.6) is 11.8 Å². The first-order valence-electron chi connectivity index (χ1n) is 15.2. The van der Waals surface area contributed by atoms with Gasteiger partial charge in [0.1, 0.15) is 13.2 Å². The van der Waals surface area contributed by atoms with Gasteiger partial charge in [-0.2, -0.15) is 4.98 Å². The lowest BCUT2D eigenvalue weighted by molar-refractivity contribution is 0.165. The molecule has 1 aliphatic rings. The van der Waals surface area contributed by atoms with Crippen LogP contribution in [0.15, 0.2) is 127 Å². The van der Waals surface area contributed by atoms with Crippen molar-refractivity contribution < 1.29 is 9.47 Å². The Morgan fingerprint density at radius 1 is 0.721 bits per heavy atom. The Labute approximate surface area is 255 Å². The molecule has 0 radical (unpaired) electrons. The Hall–Kier alpha value is -4.61. The van der Waals surface area contributed by atoms with E-state index in [2.05, 4.69) is 89.9 Å². The molecule has 0 unspecified atom stereocenters. The van der Waals surface area contributed by atoms with Gasteiger partial charge in [0.25, 0.3) is 0 Å². The first-order chi connectivity index (χ1) is 21.2. The van der Waals surface area contributed by atoms with E-state index in [1.807, 2.05) is 54.6 Å². The molecule has 1 aromatic heterocycles. The van der Waals surface area contributed by atoms with Crippen molar-refractivity contribution in [3.63, 3.8) is 0 Å². The van der Waals surface area contributed by atoms with E-state index >= 15 is 0 Å². The number of hydrogen-bond donors (Lipinski definition) is 1. The van der Waals surface area contributed by atoms with Crippen molar-refractivity contribution in [1.29, 1.82) is 0 Å². The number of anilines is 1. The Morgan fingerprint density at radius 2 is 1.37 bits per heavy atom. The molecular weight excluding hydrogens is 530 g/mol. The van der Waals surface area contributed by atoms with Crippen LogP contribution in [0, 0.1) is 5.92 Å². The molecule has 43 heavy (non-hydrogen) atoms. The molecule has 218 valence electrons. The van der Waals surface area contributed by atoms with Gasteiger partial charge in [0.2, 0.25) is 11.8 Å². The van der Waals surface area contributed by atoms with E-state index in [-0.39, 0.29) is 0 Å². The molecule has 0 saturated carbocycles. The molecule has 5 heteroatoms. The molecule has 0 aliphatic carbocycles. The van der Waals surface area contributed by atoms with Crippen LogP contribution in [-0.2, 0) is 19.8 Å². The van der Waals surface area contributed by atoms with Crippen molar-refractivity contribution >= 4 is 5.69 Å².